The molecule has 0 heterocycles. The normalized spacial score (nSPS) is 12.0. The van der Waals surface area contributed by atoms with Crippen LogP contribution in [0.2, 0.25) is 0 Å². The van der Waals surface area contributed by atoms with Gasteiger partial charge in [0.1, 0.15) is 5.75 Å². The van der Waals surface area contributed by atoms with Crippen molar-refractivity contribution in [3.8, 4) is 5.75 Å². The molecule has 1 aromatic carbocycles. The van der Waals surface area contributed by atoms with Gasteiger partial charge < -0.3 is 4.74 Å². The summed E-state index contributed by atoms with van der Waals surface area (Å²) >= 11 is 0. The molecule has 0 fully saturated rings. The van der Waals surface area contributed by atoms with E-state index >= 15 is 0 Å². The Morgan fingerprint density at radius 2 is 2.10 bits per heavy atom. The van der Waals surface area contributed by atoms with Crippen LogP contribution in [0.1, 0.15) is 49.7 Å². The predicted molar refractivity (Wildman–Crippen MR) is 79.8 cm³/mol. The average Bonchev–Trinajstić information content (AvgIpc) is 2.43. The first-order valence-corrected chi connectivity index (χ1v) is 7.08. The highest BCUT2D eigenvalue weighted by atomic mass is 16.6. The third-order valence-electron chi connectivity index (χ3n) is 3.47. The number of aryl methyl sites for hydroxylation is 1. The van der Waals surface area contributed by atoms with Gasteiger partial charge in [-0.3, -0.25) is 9.63 Å². The topological polar surface area (TPSA) is 47.6 Å². The van der Waals surface area contributed by atoms with Crippen LogP contribution < -0.4 is 10.2 Å². The number of methoxy groups -OCH3 is 1. The summed E-state index contributed by atoms with van der Waals surface area (Å²) in [4.78, 5) is 16.5. The highest BCUT2D eigenvalue weighted by molar-refractivity contribution is 5.75. The summed E-state index contributed by atoms with van der Waals surface area (Å²) in [6, 6.07) is 6.03. The molecule has 1 N–H and O–H groups in total. The van der Waals surface area contributed by atoms with E-state index in [4.69, 9.17) is 9.57 Å². The Balaban J connectivity index is 2.88. The molecule has 0 saturated carbocycles. The number of unbranched alkanes of at least 4 members (excludes halogenated alkanes) is 1. The van der Waals surface area contributed by atoms with Gasteiger partial charge in [-0.2, -0.15) is 0 Å². The molecule has 0 unspecified atom stereocenters. The Morgan fingerprint density at radius 3 is 2.65 bits per heavy atom. The van der Waals surface area contributed by atoms with E-state index < -0.39 is 0 Å². The third kappa shape index (κ3) is 4.85. The number of benzene rings is 1. The van der Waals surface area contributed by atoms with Crippen LogP contribution in [0.3, 0.4) is 0 Å². The fourth-order valence-corrected chi connectivity index (χ4v) is 2.43. The van der Waals surface area contributed by atoms with Crippen molar-refractivity contribution in [1.82, 2.24) is 5.48 Å². The van der Waals surface area contributed by atoms with Crippen molar-refractivity contribution in [2.24, 2.45) is 0 Å². The quantitative estimate of drug-likeness (QED) is 0.742. The monoisotopic (exact) mass is 279 g/mol. The second kappa shape index (κ2) is 8.59. The summed E-state index contributed by atoms with van der Waals surface area (Å²) in [7, 11) is 3.12. The minimum absolute atomic E-state index is 0.0798. The second-order valence-electron chi connectivity index (χ2n) is 5.00. The molecule has 0 saturated heterocycles. The summed E-state index contributed by atoms with van der Waals surface area (Å²) < 4.78 is 5.23. The number of amides is 1. The standard InChI is InChI=1S/C16H25NO3/c1-5-6-7-13(11-16(18)17-20-4)15-9-8-14(19-3)10-12(15)2/h8-10,13H,5-7,11H2,1-4H3,(H,17,18)/t13-/m1/s1. The highest BCUT2D eigenvalue weighted by Crippen LogP contribution is 2.30. The zero-order valence-corrected chi connectivity index (χ0v) is 12.9. The fourth-order valence-electron chi connectivity index (χ4n) is 2.43. The fraction of sp³-hybridized carbons (Fsp3) is 0.562. The molecule has 1 rings (SSSR count). The van der Waals surface area contributed by atoms with Gasteiger partial charge in [0.2, 0.25) is 5.91 Å². The zero-order valence-electron chi connectivity index (χ0n) is 12.9. The van der Waals surface area contributed by atoms with Crippen LogP contribution >= 0.6 is 0 Å². The van der Waals surface area contributed by atoms with Crippen molar-refractivity contribution in [1.29, 1.82) is 0 Å². The predicted octanol–water partition coefficient (Wildman–Crippen LogP) is 3.35. The maximum atomic E-state index is 11.8. The molecule has 20 heavy (non-hydrogen) atoms. The summed E-state index contributed by atoms with van der Waals surface area (Å²) in [6.45, 7) is 4.22. The van der Waals surface area contributed by atoms with Crippen LogP contribution in [-0.4, -0.2) is 20.1 Å². The van der Waals surface area contributed by atoms with E-state index in [1.54, 1.807) is 7.11 Å². The summed E-state index contributed by atoms with van der Waals surface area (Å²) in [6.07, 6.45) is 3.68. The van der Waals surface area contributed by atoms with Gasteiger partial charge in [-0.25, -0.2) is 5.48 Å². The highest BCUT2D eigenvalue weighted by Gasteiger charge is 2.18. The van der Waals surface area contributed by atoms with Crippen molar-refractivity contribution in [2.75, 3.05) is 14.2 Å². The number of nitrogens with one attached hydrogen (secondary N) is 1. The molecular formula is C16H25NO3. The van der Waals surface area contributed by atoms with Gasteiger partial charge in [0.05, 0.1) is 14.2 Å². The molecule has 4 heteroatoms. The third-order valence-corrected chi connectivity index (χ3v) is 3.47. The average molecular weight is 279 g/mol. The number of hydrogen-bond donors (Lipinski definition) is 1. The molecular weight excluding hydrogens is 254 g/mol. The molecule has 0 bridgehead atoms. The van der Waals surface area contributed by atoms with Crippen LogP contribution in [-0.2, 0) is 9.63 Å². The minimum atomic E-state index is -0.0798. The molecule has 1 atom stereocenters. The first kappa shape index (κ1) is 16.5. The molecule has 0 aromatic heterocycles. The van der Waals surface area contributed by atoms with Gasteiger partial charge in [0, 0.05) is 6.42 Å². The van der Waals surface area contributed by atoms with Gasteiger partial charge in [-0.15, -0.1) is 0 Å². The molecule has 0 aliphatic heterocycles. The van der Waals surface area contributed by atoms with Gasteiger partial charge >= 0.3 is 0 Å². The zero-order chi connectivity index (χ0) is 15.0. The molecule has 0 radical (unpaired) electrons. The Hall–Kier alpha value is -1.55. The largest absolute Gasteiger partial charge is 0.497 e. The van der Waals surface area contributed by atoms with Crippen molar-refractivity contribution in [3.63, 3.8) is 0 Å². The van der Waals surface area contributed by atoms with Crippen LogP contribution in [0.15, 0.2) is 18.2 Å². The minimum Gasteiger partial charge on any atom is -0.497 e. The maximum absolute atomic E-state index is 11.8. The van der Waals surface area contributed by atoms with Crippen LogP contribution in [0.25, 0.3) is 0 Å². The van der Waals surface area contributed by atoms with E-state index in [9.17, 15) is 4.79 Å². The van der Waals surface area contributed by atoms with E-state index in [-0.39, 0.29) is 11.8 Å². The molecule has 4 nitrogen and oxygen atoms in total. The second-order valence-corrected chi connectivity index (χ2v) is 5.00. The molecule has 0 aliphatic carbocycles. The Morgan fingerprint density at radius 1 is 1.35 bits per heavy atom. The van der Waals surface area contributed by atoms with Gasteiger partial charge in [0.25, 0.3) is 0 Å². The van der Waals surface area contributed by atoms with E-state index in [1.165, 1.54) is 12.7 Å². The van der Waals surface area contributed by atoms with E-state index in [2.05, 4.69) is 25.4 Å². The van der Waals surface area contributed by atoms with E-state index in [0.717, 1.165) is 30.6 Å². The van der Waals surface area contributed by atoms with Crippen molar-refractivity contribution < 1.29 is 14.4 Å². The van der Waals surface area contributed by atoms with Crippen LogP contribution in [0, 0.1) is 6.92 Å². The number of rotatable bonds is 8. The smallest absolute Gasteiger partial charge is 0.244 e. The van der Waals surface area contributed by atoms with Gasteiger partial charge in [0.15, 0.2) is 0 Å². The first-order valence-electron chi connectivity index (χ1n) is 7.08. The lowest BCUT2D eigenvalue weighted by Gasteiger charge is -2.19. The lowest BCUT2D eigenvalue weighted by atomic mass is 9.87. The summed E-state index contributed by atoms with van der Waals surface area (Å²) in [5, 5.41) is 0. The summed E-state index contributed by atoms with van der Waals surface area (Å²) in [5.41, 5.74) is 4.78. The lowest BCUT2D eigenvalue weighted by molar-refractivity contribution is -0.131. The Kier molecular flexibility index (Phi) is 7.09. The number of hydroxylamine groups is 1. The van der Waals surface area contributed by atoms with Crippen molar-refractivity contribution >= 4 is 5.91 Å². The molecule has 0 aliphatic rings. The molecule has 1 aromatic rings. The van der Waals surface area contributed by atoms with Gasteiger partial charge in [-0.1, -0.05) is 25.8 Å². The van der Waals surface area contributed by atoms with E-state index in [0.29, 0.717) is 6.42 Å². The van der Waals surface area contributed by atoms with Gasteiger partial charge in [-0.05, 0) is 42.5 Å². The van der Waals surface area contributed by atoms with Crippen LogP contribution in [0.5, 0.6) is 5.75 Å². The van der Waals surface area contributed by atoms with Crippen molar-refractivity contribution in [3.05, 3.63) is 29.3 Å². The summed E-state index contributed by atoms with van der Waals surface area (Å²) in [5.74, 6) is 0.988. The molecule has 1 amide bonds. The molecule has 0 spiro atoms. The number of carbonyl (C=O) groups excluding carboxylic acids is 1. The Labute approximate surface area is 121 Å². The lowest BCUT2D eigenvalue weighted by Crippen LogP contribution is -2.24. The molecule has 112 valence electrons. The SMILES string of the molecule is CCCC[C@H](CC(=O)NOC)c1ccc(OC)cc1C. The number of carbonyl (C=O) groups is 1. The number of hydrogen-bond acceptors (Lipinski definition) is 3. The first-order chi connectivity index (χ1) is 9.62. The number of ether oxygens (including phenoxy) is 1. The van der Waals surface area contributed by atoms with Crippen molar-refractivity contribution in [2.45, 2.75) is 45.4 Å². The maximum Gasteiger partial charge on any atom is 0.244 e. The van der Waals surface area contributed by atoms with E-state index in [1.807, 2.05) is 12.1 Å². The Bertz CT molecular complexity index is 432. The van der Waals surface area contributed by atoms with Crippen LogP contribution in [0.4, 0.5) is 0 Å².